The number of piperidine rings is 1. The maximum absolute atomic E-state index is 11.7. The van der Waals surface area contributed by atoms with Crippen LogP contribution in [-0.2, 0) is 11.3 Å². The molecule has 1 radical (unpaired) electrons. The first kappa shape index (κ1) is 25.3. The van der Waals surface area contributed by atoms with Crippen molar-refractivity contribution in [3.8, 4) is 11.5 Å². The highest BCUT2D eigenvalue weighted by molar-refractivity contribution is 6.03. The van der Waals surface area contributed by atoms with Crippen LogP contribution >= 0.6 is 0 Å². The summed E-state index contributed by atoms with van der Waals surface area (Å²) in [5, 5.41) is 6.18. The number of benzene rings is 2. The Bertz CT molecular complexity index is 1210. The van der Waals surface area contributed by atoms with E-state index in [-0.39, 0.29) is 17.5 Å². The zero-order valence-electron chi connectivity index (χ0n) is 20.8. The number of carbonyl (C=O) groups is 2. The van der Waals surface area contributed by atoms with Gasteiger partial charge < -0.3 is 30.3 Å². The van der Waals surface area contributed by atoms with E-state index < -0.39 is 5.91 Å². The van der Waals surface area contributed by atoms with Crippen LogP contribution in [0.2, 0.25) is 0 Å². The SMILES string of the molecule is CCOc1cc(CN2CCC(Nc3nc4c(C(N)=O)[c]ccc4o3)CC2)cc(OCC)c1NC(C)=O. The van der Waals surface area contributed by atoms with Crippen molar-refractivity contribution in [3.63, 3.8) is 0 Å². The van der Waals surface area contributed by atoms with E-state index in [2.05, 4.69) is 26.6 Å². The summed E-state index contributed by atoms with van der Waals surface area (Å²) in [5.41, 5.74) is 8.18. The summed E-state index contributed by atoms with van der Waals surface area (Å²) in [6.45, 7) is 8.72. The number of hydrogen-bond acceptors (Lipinski definition) is 8. The van der Waals surface area contributed by atoms with E-state index in [1.165, 1.54) is 6.92 Å². The molecule has 3 aromatic rings. The molecule has 4 N–H and O–H groups in total. The van der Waals surface area contributed by atoms with Crippen LogP contribution in [0.5, 0.6) is 11.5 Å². The number of hydrogen-bond donors (Lipinski definition) is 3. The summed E-state index contributed by atoms with van der Waals surface area (Å²) in [6, 6.07) is 10.6. The number of likely N-dealkylation sites (tertiary alicyclic amines) is 1. The van der Waals surface area contributed by atoms with Crippen molar-refractivity contribution in [2.24, 2.45) is 5.73 Å². The second-order valence-electron chi connectivity index (χ2n) is 8.66. The zero-order chi connectivity index (χ0) is 25.7. The zero-order valence-corrected chi connectivity index (χ0v) is 20.8. The van der Waals surface area contributed by atoms with E-state index in [9.17, 15) is 9.59 Å². The number of aromatic nitrogens is 1. The molecular formula is C26H32N5O5. The van der Waals surface area contributed by atoms with Gasteiger partial charge >= 0.3 is 0 Å². The maximum Gasteiger partial charge on any atom is 0.295 e. The van der Waals surface area contributed by atoms with Crippen molar-refractivity contribution in [1.82, 2.24) is 9.88 Å². The molecule has 0 spiro atoms. The number of rotatable bonds is 10. The van der Waals surface area contributed by atoms with Gasteiger partial charge in [0.1, 0.15) is 22.7 Å². The highest BCUT2D eigenvalue weighted by Crippen LogP contribution is 2.37. The van der Waals surface area contributed by atoms with Gasteiger partial charge in [0.25, 0.3) is 11.9 Å². The number of carbonyl (C=O) groups excluding carboxylic acids is 2. The lowest BCUT2D eigenvalue weighted by Gasteiger charge is -2.32. The van der Waals surface area contributed by atoms with Crippen molar-refractivity contribution in [2.75, 3.05) is 36.9 Å². The molecule has 0 unspecified atom stereocenters. The van der Waals surface area contributed by atoms with Gasteiger partial charge in [0.05, 0.1) is 18.8 Å². The normalized spacial score (nSPS) is 14.5. The van der Waals surface area contributed by atoms with Crippen LogP contribution in [0, 0.1) is 6.07 Å². The lowest BCUT2D eigenvalue weighted by Crippen LogP contribution is -2.38. The molecule has 1 aliphatic heterocycles. The van der Waals surface area contributed by atoms with E-state index in [0.29, 0.717) is 47.5 Å². The van der Waals surface area contributed by atoms with Crippen LogP contribution in [0.15, 0.2) is 28.7 Å². The maximum atomic E-state index is 11.7. The van der Waals surface area contributed by atoms with Gasteiger partial charge in [-0.15, -0.1) is 0 Å². The van der Waals surface area contributed by atoms with Crippen LogP contribution in [0.1, 0.15) is 49.5 Å². The first-order valence-corrected chi connectivity index (χ1v) is 12.2. The fourth-order valence-electron chi connectivity index (χ4n) is 4.38. The standard InChI is InChI=1S/C26H32N5O5/c1-4-34-21-13-17(14-22(35-5-2)24(21)28-16(3)32)15-31-11-9-18(10-12-31)29-26-30-23-19(25(27)33)7-6-8-20(23)36-26/h6,8,13-14,18H,4-5,9-12,15H2,1-3H3,(H2,27,33)(H,28,32)(H,29,30). The van der Waals surface area contributed by atoms with Gasteiger partial charge in [-0.3, -0.25) is 14.5 Å². The minimum atomic E-state index is -0.584. The Hall–Kier alpha value is -3.79. The highest BCUT2D eigenvalue weighted by atomic mass is 16.5. The number of nitrogens with zero attached hydrogens (tertiary/aromatic N) is 2. The second-order valence-corrected chi connectivity index (χ2v) is 8.66. The Kier molecular flexibility index (Phi) is 7.94. The lowest BCUT2D eigenvalue weighted by molar-refractivity contribution is -0.114. The van der Waals surface area contributed by atoms with Crippen molar-refractivity contribution in [2.45, 2.75) is 46.2 Å². The summed E-state index contributed by atoms with van der Waals surface area (Å²) in [6.07, 6.45) is 1.79. The van der Waals surface area contributed by atoms with E-state index in [4.69, 9.17) is 19.6 Å². The molecular weight excluding hydrogens is 462 g/mol. The summed E-state index contributed by atoms with van der Waals surface area (Å²) in [5.74, 6) is 0.448. The molecule has 0 aliphatic carbocycles. The van der Waals surface area contributed by atoms with E-state index in [1.807, 2.05) is 26.0 Å². The molecule has 4 rings (SSSR count). The summed E-state index contributed by atoms with van der Waals surface area (Å²) >= 11 is 0. The molecule has 2 amide bonds. The molecule has 2 aromatic carbocycles. The number of nitrogens with one attached hydrogen (secondary N) is 2. The number of ether oxygens (including phenoxy) is 2. The molecule has 0 saturated carbocycles. The number of fused-ring (bicyclic) bond motifs is 1. The Morgan fingerprint density at radius 1 is 1.19 bits per heavy atom. The monoisotopic (exact) mass is 494 g/mol. The van der Waals surface area contributed by atoms with Crippen LogP contribution < -0.4 is 25.8 Å². The third-order valence-electron chi connectivity index (χ3n) is 5.95. The van der Waals surface area contributed by atoms with Crippen molar-refractivity contribution >= 4 is 34.6 Å². The highest BCUT2D eigenvalue weighted by Gasteiger charge is 2.23. The van der Waals surface area contributed by atoms with Crippen LogP contribution in [-0.4, -0.2) is 54.0 Å². The molecule has 0 bridgehead atoms. The molecule has 0 atom stereocenters. The Balaban J connectivity index is 1.41. The minimum Gasteiger partial charge on any atom is -0.492 e. The first-order valence-electron chi connectivity index (χ1n) is 12.2. The van der Waals surface area contributed by atoms with Gasteiger partial charge in [0.2, 0.25) is 5.91 Å². The van der Waals surface area contributed by atoms with Crippen LogP contribution in [0.25, 0.3) is 11.1 Å². The molecule has 1 aromatic heterocycles. The van der Waals surface area contributed by atoms with Gasteiger partial charge in [-0.25, -0.2) is 0 Å². The number of oxazole rings is 1. The average molecular weight is 495 g/mol. The predicted molar refractivity (Wildman–Crippen MR) is 136 cm³/mol. The van der Waals surface area contributed by atoms with Gasteiger partial charge in [-0.2, -0.15) is 4.98 Å². The first-order chi connectivity index (χ1) is 17.4. The quantitative estimate of drug-likeness (QED) is 0.390. The van der Waals surface area contributed by atoms with Crippen molar-refractivity contribution < 1.29 is 23.5 Å². The van der Waals surface area contributed by atoms with Crippen molar-refractivity contribution in [3.05, 3.63) is 41.5 Å². The smallest absolute Gasteiger partial charge is 0.295 e. The average Bonchev–Trinajstić information content (AvgIpc) is 3.25. The summed E-state index contributed by atoms with van der Waals surface area (Å²) in [7, 11) is 0. The topological polar surface area (TPSA) is 132 Å². The molecule has 10 nitrogen and oxygen atoms in total. The van der Waals surface area contributed by atoms with Gasteiger partial charge in [-0.05, 0) is 62.6 Å². The Labute approximate surface area is 210 Å². The summed E-state index contributed by atoms with van der Waals surface area (Å²) in [4.78, 5) is 30.1. The number of primary amides is 1. The molecule has 10 heteroatoms. The summed E-state index contributed by atoms with van der Waals surface area (Å²) < 4.78 is 17.4. The number of anilines is 2. The van der Waals surface area contributed by atoms with E-state index >= 15 is 0 Å². The fourth-order valence-corrected chi connectivity index (χ4v) is 4.38. The molecule has 1 fully saturated rings. The molecule has 2 heterocycles. The Morgan fingerprint density at radius 3 is 2.44 bits per heavy atom. The lowest BCUT2D eigenvalue weighted by atomic mass is 10.0. The number of nitrogens with two attached hydrogens (primary N) is 1. The van der Waals surface area contributed by atoms with Gasteiger partial charge in [0, 0.05) is 32.6 Å². The van der Waals surface area contributed by atoms with Crippen LogP contribution in [0.4, 0.5) is 11.7 Å². The Morgan fingerprint density at radius 2 is 1.86 bits per heavy atom. The van der Waals surface area contributed by atoms with E-state index in [0.717, 1.165) is 38.0 Å². The molecule has 36 heavy (non-hydrogen) atoms. The van der Waals surface area contributed by atoms with Crippen molar-refractivity contribution in [1.29, 1.82) is 0 Å². The van der Waals surface area contributed by atoms with Gasteiger partial charge in [0.15, 0.2) is 5.58 Å². The molecule has 1 aliphatic rings. The van der Waals surface area contributed by atoms with Gasteiger partial charge in [-0.1, -0.05) is 0 Å². The van der Waals surface area contributed by atoms with Crippen LogP contribution in [0.3, 0.4) is 0 Å². The fraction of sp³-hybridized carbons (Fsp3) is 0.423. The predicted octanol–water partition coefficient (Wildman–Crippen LogP) is 3.56. The third kappa shape index (κ3) is 5.88. The second kappa shape index (κ2) is 11.3. The molecule has 1 saturated heterocycles. The number of amides is 2. The minimum absolute atomic E-state index is 0.179. The van der Waals surface area contributed by atoms with E-state index in [1.54, 1.807) is 12.1 Å². The molecule has 191 valence electrons. The largest absolute Gasteiger partial charge is 0.492 e. The third-order valence-corrected chi connectivity index (χ3v) is 5.95.